The van der Waals surface area contributed by atoms with Crippen LogP contribution in [0.3, 0.4) is 0 Å². The molecule has 1 fully saturated rings. The van der Waals surface area contributed by atoms with Crippen LogP contribution in [0.4, 0.5) is 11.4 Å². The molecule has 3 aromatic rings. The highest BCUT2D eigenvalue weighted by Gasteiger charge is 2.24. The second kappa shape index (κ2) is 8.99. The van der Waals surface area contributed by atoms with Crippen molar-refractivity contribution in [3.63, 3.8) is 0 Å². The normalized spacial score (nSPS) is 14.7. The third-order valence-corrected chi connectivity index (χ3v) is 6.28. The first-order valence-electron chi connectivity index (χ1n) is 9.53. The number of nitro groups is 1. The zero-order valence-electron chi connectivity index (χ0n) is 16.5. The van der Waals surface area contributed by atoms with Gasteiger partial charge in [0.1, 0.15) is 16.4 Å². The third-order valence-electron chi connectivity index (χ3n) is 5.10. The van der Waals surface area contributed by atoms with E-state index < -0.39 is 0 Å². The van der Waals surface area contributed by atoms with E-state index in [2.05, 4.69) is 10.3 Å². The summed E-state index contributed by atoms with van der Waals surface area (Å²) in [6.45, 7) is 3.82. The summed E-state index contributed by atoms with van der Waals surface area (Å²) < 4.78 is 5.30. The molecule has 9 heteroatoms. The Morgan fingerprint density at radius 3 is 2.73 bits per heavy atom. The highest BCUT2D eigenvalue weighted by atomic mass is 35.5. The molecule has 1 aliphatic heterocycles. The van der Waals surface area contributed by atoms with E-state index in [1.807, 2.05) is 29.2 Å². The molecule has 30 heavy (non-hydrogen) atoms. The number of ether oxygens (including phenoxy) is 1. The van der Waals surface area contributed by atoms with Crippen LogP contribution in [0.2, 0.25) is 5.02 Å². The van der Waals surface area contributed by atoms with Crippen LogP contribution < -0.4 is 9.64 Å². The summed E-state index contributed by atoms with van der Waals surface area (Å²) in [5.74, 6) is 0.816. The maximum Gasteiger partial charge on any atom is 0.294 e. The minimum atomic E-state index is -0.372. The number of methoxy groups -OCH3 is 1. The van der Waals surface area contributed by atoms with Gasteiger partial charge in [0.15, 0.2) is 0 Å². The van der Waals surface area contributed by atoms with Gasteiger partial charge in [0.25, 0.3) is 5.69 Å². The molecule has 0 aliphatic carbocycles. The Kier molecular flexibility index (Phi) is 6.17. The number of nitrogens with zero attached hydrogens (tertiary/aromatic N) is 4. The van der Waals surface area contributed by atoms with Crippen molar-refractivity contribution >= 4 is 34.3 Å². The Balaban J connectivity index is 1.39. The fourth-order valence-corrected chi connectivity index (χ4v) is 4.53. The first-order valence-corrected chi connectivity index (χ1v) is 10.8. The molecule has 0 bridgehead atoms. The van der Waals surface area contributed by atoms with Crippen LogP contribution in [0, 0.1) is 10.1 Å². The van der Waals surface area contributed by atoms with Gasteiger partial charge in [-0.3, -0.25) is 15.0 Å². The van der Waals surface area contributed by atoms with Crippen LogP contribution in [0.1, 0.15) is 5.69 Å². The lowest BCUT2D eigenvalue weighted by Crippen LogP contribution is -2.46. The molecule has 0 saturated carbocycles. The van der Waals surface area contributed by atoms with Crippen LogP contribution in [0.15, 0.2) is 47.8 Å². The van der Waals surface area contributed by atoms with Gasteiger partial charge in [-0.2, -0.15) is 0 Å². The lowest BCUT2D eigenvalue weighted by molar-refractivity contribution is -0.384. The number of aromatic nitrogens is 1. The van der Waals surface area contributed by atoms with E-state index in [0.717, 1.165) is 54.7 Å². The van der Waals surface area contributed by atoms with Crippen molar-refractivity contribution in [3.8, 4) is 16.3 Å². The zero-order chi connectivity index (χ0) is 21.1. The topological polar surface area (TPSA) is 71.7 Å². The van der Waals surface area contributed by atoms with Crippen molar-refractivity contribution in [2.75, 3.05) is 38.2 Å². The predicted molar refractivity (Wildman–Crippen MR) is 120 cm³/mol. The summed E-state index contributed by atoms with van der Waals surface area (Å²) in [6, 6.07) is 12.7. The zero-order valence-corrected chi connectivity index (χ0v) is 18.0. The van der Waals surface area contributed by atoms with Crippen molar-refractivity contribution in [2.45, 2.75) is 6.54 Å². The second-order valence-corrected chi connectivity index (χ2v) is 8.32. The summed E-state index contributed by atoms with van der Waals surface area (Å²) in [6.07, 6.45) is 0. The average Bonchev–Trinajstić information content (AvgIpc) is 3.23. The quantitative estimate of drug-likeness (QED) is 0.405. The molecular weight excluding hydrogens is 424 g/mol. The Morgan fingerprint density at radius 1 is 1.20 bits per heavy atom. The molecule has 1 aromatic heterocycles. The van der Waals surface area contributed by atoms with Crippen molar-refractivity contribution in [1.82, 2.24) is 9.88 Å². The molecule has 1 saturated heterocycles. The van der Waals surface area contributed by atoms with E-state index in [1.54, 1.807) is 30.6 Å². The molecule has 156 valence electrons. The molecule has 0 atom stereocenters. The van der Waals surface area contributed by atoms with E-state index in [-0.39, 0.29) is 10.6 Å². The highest BCUT2D eigenvalue weighted by Crippen LogP contribution is 2.32. The molecule has 2 aromatic carbocycles. The van der Waals surface area contributed by atoms with Crippen LogP contribution in [0.25, 0.3) is 10.6 Å². The van der Waals surface area contributed by atoms with Gasteiger partial charge in [0.2, 0.25) is 0 Å². The lowest BCUT2D eigenvalue weighted by Gasteiger charge is -2.35. The number of hydrogen-bond donors (Lipinski definition) is 0. The number of anilines is 1. The van der Waals surface area contributed by atoms with E-state index in [0.29, 0.717) is 10.7 Å². The molecule has 0 amide bonds. The Hall–Kier alpha value is -2.68. The number of piperazine rings is 1. The molecule has 0 radical (unpaired) electrons. The van der Waals surface area contributed by atoms with Gasteiger partial charge in [-0.05, 0) is 24.3 Å². The molecule has 0 spiro atoms. The number of rotatable bonds is 6. The predicted octanol–water partition coefficient (Wildman–Crippen LogP) is 4.70. The van der Waals surface area contributed by atoms with Crippen LogP contribution >= 0.6 is 22.9 Å². The molecule has 0 N–H and O–H groups in total. The molecule has 4 rings (SSSR count). The summed E-state index contributed by atoms with van der Waals surface area (Å²) in [7, 11) is 1.66. The third kappa shape index (κ3) is 4.56. The first kappa shape index (κ1) is 20.6. The smallest absolute Gasteiger partial charge is 0.294 e. The van der Waals surface area contributed by atoms with Gasteiger partial charge in [-0.15, -0.1) is 11.3 Å². The van der Waals surface area contributed by atoms with Gasteiger partial charge >= 0.3 is 0 Å². The fraction of sp³-hybridized carbons (Fsp3) is 0.286. The minimum absolute atomic E-state index is 0.0541. The van der Waals surface area contributed by atoms with Gasteiger partial charge in [-0.1, -0.05) is 23.7 Å². The minimum Gasteiger partial charge on any atom is -0.497 e. The Morgan fingerprint density at radius 2 is 2.00 bits per heavy atom. The molecule has 7 nitrogen and oxygen atoms in total. The van der Waals surface area contributed by atoms with Crippen molar-refractivity contribution in [1.29, 1.82) is 0 Å². The molecular formula is C21H21ClN4O3S. The summed E-state index contributed by atoms with van der Waals surface area (Å²) in [5.41, 5.74) is 2.76. The molecule has 2 heterocycles. The molecule has 1 aliphatic rings. The lowest BCUT2D eigenvalue weighted by atomic mass is 10.2. The largest absolute Gasteiger partial charge is 0.497 e. The van der Waals surface area contributed by atoms with Crippen molar-refractivity contribution in [2.24, 2.45) is 0 Å². The second-order valence-electron chi connectivity index (χ2n) is 7.03. The van der Waals surface area contributed by atoms with E-state index in [9.17, 15) is 10.1 Å². The average molecular weight is 445 g/mol. The summed E-state index contributed by atoms with van der Waals surface area (Å²) >= 11 is 7.56. The Bertz CT molecular complexity index is 1050. The standard InChI is InChI=1S/C21H21ClN4O3S/c1-29-18-4-2-3-15(11-18)21-23-17(14-30-21)13-24-7-9-25(10-8-24)19-6-5-16(22)12-20(19)26(27)28/h2-6,11-12,14H,7-10,13H2,1H3. The number of thiazole rings is 1. The number of nitro benzene ring substituents is 1. The number of benzene rings is 2. The summed E-state index contributed by atoms with van der Waals surface area (Å²) in [5, 5.41) is 14.8. The van der Waals surface area contributed by atoms with Crippen molar-refractivity contribution in [3.05, 3.63) is 68.7 Å². The monoisotopic (exact) mass is 444 g/mol. The highest BCUT2D eigenvalue weighted by molar-refractivity contribution is 7.13. The maximum absolute atomic E-state index is 11.4. The van der Waals surface area contributed by atoms with Gasteiger partial charge in [0.05, 0.1) is 17.7 Å². The van der Waals surface area contributed by atoms with Gasteiger partial charge in [-0.25, -0.2) is 4.98 Å². The van der Waals surface area contributed by atoms with Crippen LogP contribution in [0.5, 0.6) is 5.75 Å². The van der Waals surface area contributed by atoms with E-state index in [4.69, 9.17) is 21.3 Å². The van der Waals surface area contributed by atoms with Crippen molar-refractivity contribution < 1.29 is 9.66 Å². The number of hydrogen-bond acceptors (Lipinski definition) is 7. The first-order chi connectivity index (χ1) is 14.5. The number of halogens is 1. The van der Waals surface area contributed by atoms with Crippen LogP contribution in [-0.4, -0.2) is 48.1 Å². The molecule has 0 unspecified atom stereocenters. The SMILES string of the molecule is COc1cccc(-c2nc(CN3CCN(c4ccc(Cl)cc4[N+](=O)[O-])CC3)cs2)c1. The summed E-state index contributed by atoms with van der Waals surface area (Å²) in [4.78, 5) is 20.2. The van der Waals surface area contributed by atoms with Gasteiger partial charge < -0.3 is 9.64 Å². The fourth-order valence-electron chi connectivity index (χ4n) is 3.55. The maximum atomic E-state index is 11.4. The van der Waals surface area contributed by atoms with Crippen LogP contribution in [-0.2, 0) is 6.54 Å². The van der Waals surface area contributed by atoms with Gasteiger partial charge in [0, 0.05) is 54.8 Å². The Labute approximate surface area is 183 Å². The van der Waals surface area contributed by atoms with E-state index in [1.165, 1.54) is 6.07 Å². The van der Waals surface area contributed by atoms with E-state index >= 15 is 0 Å².